The highest BCUT2D eigenvalue weighted by atomic mass is 16.5. The quantitative estimate of drug-likeness (QED) is 0.666. The zero-order chi connectivity index (χ0) is 16.8. The molecule has 0 saturated carbocycles. The number of carbonyl (C=O) groups is 1. The lowest BCUT2D eigenvalue weighted by Crippen LogP contribution is -1.98. The van der Waals surface area contributed by atoms with Crippen molar-refractivity contribution >= 4 is 12.3 Å². The molecule has 1 amide bonds. The third kappa shape index (κ3) is 3.63. The van der Waals surface area contributed by atoms with Crippen LogP contribution in [0.15, 0.2) is 59.1 Å². The van der Waals surface area contributed by atoms with Gasteiger partial charge in [0.25, 0.3) is 0 Å². The van der Waals surface area contributed by atoms with Crippen LogP contribution in [0.25, 0.3) is 11.3 Å². The molecule has 0 aliphatic heterocycles. The van der Waals surface area contributed by atoms with Gasteiger partial charge in [0.2, 0.25) is 12.3 Å². The van der Waals surface area contributed by atoms with Gasteiger partial charge in [0, 0.05) is 11.6 Å². The molecule has 0 bridgehead atoms. The maximum atomic E-state index is 10.4. The second-order valence-corrected chi connectivity index (χ2v) is 5.29. The first-order valence-corrected chi connectivity index (χ1v) is 7.77. The highest BCUT2D eigenvalue weighted by Gasteiger charge is 2.06. The summed E-state index contributed by atoms with van der Waals surface area (Å²) in [6.45, 7) is 2.62. The van der Waals surface area contributed by atoms with Gasteiger partial charge in [-0.2, -0.15) is 0 Å². The van der Waals surface area contributed by atoms with Gasteiger partial charge in [-0.15, -0.1) is 0 Å². The van der Waals surface area contributed by atoms with E-state index in [-0.39, 0.29) is 0 Å². The number of nitrogens with zero attached hydrogens (tertiary/aromatic N) is 1. The molecule has 3 rings (SSSR count). The SMILES string of the molecule is CCc1ccccc1OCc1ccc(-c2cc(NC=O)on2)cc1. The number of benzene rings is 2. The number of nitrogens with one attached hydrogen (secondary N) is 1. The predicted octanol–water partition coefficient (Wildman–Crippen LogP) is 4.05. The van der Waals surface area contributed by atoms with Crippen molar-refractivity contribution in [3.05, 3.63) is 65.7 Å². The van der Waals surface area contributed by atoms with E-state index in [0.29, 0.717) is 24.6 Å². The van der Waals surface area contributed by atoms with Crippen LogP contribution in [0.5, 0.6) is 5.75 Å². The Bertz CT molecular complexity index is 809. The maximum absolute atomic E-state index is 10.4. The van der Waals surface area contributed by atoms with E-state index in [0.717, 1.165) is 23.3 Å². The van der Waals surface area contributed by atoms with Crippen LogP contribution in [0.1, 0.15) is 18.1 Å². The molecule has 0 atom stereocenters. The number of carbonyl (C=O) groups excluding carboxylic acids is 1. The number of hydrogen-bond acceptors (Lipinski definition) is 4. The molecule has 0 aliphatic rings. The van der Waals surface area contributed by atoms with E-state index in [9.17, 15) is 4.79 Å². The van der Waals surface area contributed by atoms with Gasteiger partial charge in [-0.3, -0.25) is 10.1 Å². The lowest BCUT2D eigenvalue weighted by molar-refractivity contribution is -0.105. The summed E-state index contributed by atoms with van der Waals surface area (Å²) in [5.74, 6) is 1.24. The smallest absolute Gasteiger partial charge is 0.231 e. The molecular weight excluding hydrogens is 304 g/mol. The number of amides is 1. The molecular formula is C19H18N2O3. The van der Waals surface area contributed by atoms with E-state index in [1.54, 1.807) is 6.07 Å². The van der Waals surface area contributed by atoms with Crippen LogP contribution in [0.2, 0.25) is 0 Å². The van der Waals surface area contributed by atoms with Gasteiger partial charge < -0.3 is 9.26 Å². The minimum Gasteiger partial charge on any atom is -0.489 e. The molecule has 0 fully saturated rings. The highest BCUT2D eigenvalue weighted by Crippen LogP contribution is 2.23. The first-order chi connectivity index (χ1) is 11.8. The summed E-state index contributed by atoms with van der Waals surface area (Å²) in [5, 5.41) is 6.35. The van der Waals surface area contributed by atoms with Gasteiger partial charge >= 0.3 is 0 Å². The average molecular weight is 322 g/mol. The van der Waals surface area contributed by atoms with Gasteiger partial charge in [-0.1, -0.05) is 54.5 Å². The zero-order valence-corrected chi connectivity index (χ0v) is 13.4. The summed E-state index contributed by atoms with van der Waals surface area (Å²) < 4.78 is 10.9. The molecule has 0 aliphatic carbocycles. The monoisotopic (exact) mass is 322 g/mol. The molecule has 5 nitrogen and oxygen atoms in total. The highest BCUT2D eigenvalue weighted by molar-refractivity contribution is 5.71. The molecule has 0 spiro atoms. The topological polar surface area (TPSA) is 64.4 Å². The number of ether oxygens (including phenoxy) is 1. The van der Waals surface area contributed by atoms with Crippen molar-refractivity contribution in [3.63, 3.8) is 0 Å². The number of aryl methyl sites for hydroxylation is 1. The molecule has 1 aromatic heterocycles. The number of para-hydroxylation sites is 1. The Hall–Kier alpha value is -3.08. The molecule has 3 aromatic rings. The fourth-order valence-corrected chi connectivity index (χ4v) is 2.41. The van der Waals surface area contributed by atoms with Gasteiger partial charge in [-0.05, 0) is 23.6 Å². The molecule has 1 N–H and O–H groups in total. The van der Waals surface area contributed by atoms with E-state index in [1.165, 1.54) is 5.56 Å². The number of rotatable bonds is 7. The molecule has 2 aromatic carbocycles. The zero-order valence-electron chi connectivity index (χ0n) is 13.4. The summed E-state index contributed by atoms with van der Waals surface area (Å²) >= 11 is 0. The van der Waals surface area contributed by atoms with E-state index >= 15 is 0 Å². The minimum atomic E-state index is 0.323. The fraction of sp³-hybridized carbons (Fsp3) is 0.158. The number of aromatic nitrogens is 1. The fourth-order valence-electron chi connectivity index (χ4n) is 2.41. The van der Waals surface area contributed by atoms with Crippen LogP contribution in [0.3, 0.4) is 0 Å². The summed E-state index contributed by atoms with van der Waals surface area (Å²) in [6.07, 6.45) is 1.50. The van der Waals surface area contributed by atoms with Crippen LogP contribution < -0.4 is 10.1 Å². The Kier molecular flexibility index (Phi) is 4.91. The van der Waals surface area contributed by atoms with Gasteiger partial charge in [-0.25, -0.2) is 0 Å². The van der Waals surface area contributed by atoms with Crippen molar-refractivity contribution in [3.8, 4) is 17.0 Å². The predicted molar refractivity (Wildman–Crippen MR) is 91.8 cm³/mol. The van der Waals surface area contributed by atoms with Gasteiger partial charge in [0.1, 0.15) is 18.1 Å². The van der Waals surface area contributed by atoms with Crippen molar-refractivity contribution in [1.82, 2.24) is 5.16 Å². The molecule has 0 unspecified atom stereocenters. The Labute approximate surface area is 140 Å². The molecule has 0 radical (unpaired) electrons. The van der Waals surface area contributed by atoms with E-state index in [1.807, 2.05) is 42.5 Å². The third-order valence-corrected chi connectivity index (χ3v) is 3.71. The van der Waals surface area contributed by atoms with E-state index in [4.69, 9.17) is 9.26 Å². The number of hydrogen-bond donors (Lipinski definition) is 1. The average Bonchev–Trinajstić information content (AvgIpc) is 3.09. The normalized spacial score (nSPS) is 10.4. The molecule has 0 saturated heterocycles. The Morgan fingerprint density at radius 1 is 1.17 bits per heavy atom. The summed E-state index contributed by atoms with van der Waals surface area (Å²) in [6, 6.07) is 17.6. The van der Waals surface area contributed by atoms with Crippen molar-refractivity contribution < 1.29 is 14.1 Å². The lowest BCUT2D eigenvalue weighted by Gasteiger charge is -2.10. The van der Waals surface area contributed by atoms with E-state index in [2.05, 4.69) is 23.5 Å². The first-order valence-electron chi connectivity index (χ1n) is 7.77. The van der Waals surface area contributed by atoms with Gasteiger partial charge in [0.05, 0.1) is 0 Å². The molecule has 5 heteroatoms. The van der Waals surface area contributed by atoms with Crippen molar-refractivity contribution in [1.29, 1.82) is 0 Å². The van der Waals surface area contributed by atoms with Crippen LogP contribution in [0, 0.1) is 0 Å². The molecule has 122 valence electrons. The van der Waals surface area contributed by atoms with Gasteiger partial charge in [0.15, 0.2) is 0 Å². The Morgan fingerprint density at radius 3 is 2.71 bits per heavy atom. The van der Waals surface area contributed by atoms with E-state index < -0.39 is 0 Å². The molecule has 1 heterocycles. The largest absolute Gasteiger partial charge is 0.489 e. The van der Waals surface area contributed by atoms with Crippen molar-refractivity contribution in [2.75, 3.05) is 5.32 Å². The third-order valence-electron chi connectivity index (χ3n) is 3.71. The summed E-state index contributed by atoms with van der Waals surface area (Å²) in [5.41, 5.74) is 3.85. The Balaban J connectivity index is 1.67. The standard InChI is InChI=1S/C19H18N2O3/c1-2-15-5-3-4-6-18(15)23-12-14-7-9-16(10-8-14)17-11-19(20-13-22)24-21-17/h3-11,13H,2,12H2,1H3,(H,20,22). The lowest BCUT2D eigenvalue weighted by atomic mass is 10.1. The maximum Gasteiger partial charge on any atom is 0.231 e. The first kappa shape index (κ1) is 15.8. The summed E-state index contributed by atoms with van der Waals surface area (Å²) in [4.78, 5) is 10.4. The second-order valence-electron chi connectivity index (χ2n) is 5.29. The van der Waals surface area contributed by atoms with Crippen LogP contribution in [-0.2, 0) is 17.8 Å². The molecule has 24 heavy (non-hydrogen) atoms. The van der Waals surface area contributed by atoms with Crippen LogP contribution in [-0.4, -0.2) is 11.6 Å². The Morgan fingerprint density at radius 2 is 1.96 bits per heavy atom. The van der Waals surface area contributed by atoms with Crippen molar-refractivity contribution in [2.24, 2.45) is 0 Å². The van der Waals surface area contributed by atoms with Crippen LogP contribution >= 0.6 is 0 Å². The minimum absolute atomic E-state index is 0.323. The number of anilines is 1. The van der Waals surface area contributed by atoms with Crippen LogP contribution in [0.4, 0.5) is 5.88 Å². The summed E-state index contributed by atoms with van der Waals surface area (Å²) in [7, 11) is 0. The van der Waals surface area contributed by atoms with Crippen molar-refractivity contribution in [2.45, 2.75) is 20.0 Å². The second kappa shape index (κ2) is 7.46.